The van der Waals surface area contributed by atoms with Crippen molar-refractivity contribution < 1.29 is 42.6 Å². The summed E-state index contributed by atoms with van der Waals surface area (Å²) in [6, 6.07) is -1.09. The van der Waals surface area contributed by atoms with Gasteiger partial charge >= 0.3 is 18.1 Å². The Hall–Kier alpha value is -2.37. The predicted molar refractivity (Wildman–Crippen MR) is 72.9 cm³/mol. The molecule has 5 N–H and O–H groups in total. The van der Waals surface area contributed by atoms with Crippen molar-refractivity contribution in [2.75, 3.05) is 13.6 Å². The van der Waals surface area contributed by atoms with Crippen molar-refractivity contribution in [3.8, 4) is 0 Å². The molecular formula is C12H18F3N3O6. The van der Waals surface area contributed by atoms with Crippen molar-refractivity contribution in [2.45, 2.75) is 31.6 Å². The van der Waals surface area contributed by atoms with E-state index in [0.29, 0.717) is 0 Å². The Morgan fingerprint density at radius 1 is 1.21 bits per heavy atom. The van der Waals surface area contributed by atoms with Crippen LogP contribution < -0.4 is 16.0 Å². The first-order valence-electron chi connectivity index (χ1n) is 6.65. The highest BCUT2D eigenvalue weighted by molar-refractivity contribution is 5.82. The highest BCUT2D eigenvalue weighted by atomic mass is 19.4. The highest BCUT2D eigenvalue weighted by Gasteiger charge is 2.40. The molecule has 0 spiro atoms. The molecule has 12 heteroatoms. The first-order valence-corrected chi connectivity index (χ1v) is 6.65. The molecule has 138 valence electrons. The Morgan fingerprint density at radius 3 is 2.04 bits per heavy atom. The average Bonchev–Trinajstić information content (AvgIpc) is 2.88. The first-order chi connectivity index (χ1) is 10.9. The van der Waals surface area contributed by atoms with Gasteiger partial charge in [-0.1, -0.05) is 0 Å². The SMILES string of the molecule is CNC(=O)[C@@H]1C[C@H](C(=O)O)N[C@H]1CNC(C)=O.O=C(O)C(F)(F)F. The van der Waals surface area contributed by atoms with Gasteiger partial charge in [-0.15, -0.1) is 0 Å². The van der Waals surface area contributed by atoms with Crippen LogP contribution in [0.5, 0.6) is 0 Å². The normalized spacial score (nSPS) is 22.8. The second-order valence-electron chi connectivity index (χ2n) is 4.86. The van der Waals surface area contributed by atoms with Crippen LogP contribution in [0.1, 0.15) is 13.3 Å². The van der Waals surface area contributed by atoms with Crippen LogP contribution in [0.15, 0.2) is 0 Å². The van der Waals surface area contributed by atoms with Crippen molar-refractivity contribution >= 4 is 23.8 Å². The summed E-state index contributed by atoms with van der Waals surface area (Å²) in [6.45, 7) is 1.62. The van der Waals surface area contributed by atoms with Crippen LogP contribution in [0.2, 0.25) is 0 Å². The standard InChI is InChI=1S/C10H17N3O4.C2HF3O2/c1-5(14)12-4-8-6(9(15)11-2)3-7(13-8)10(16)17;3-2(4,5)1(6)7/h6-8,13H,3-4H2,1-2H3,(H,11,15)(H,12,14)(H,16,17);(H,6,7)/t6-,7-,8+;/m1./s1. The lowest BCUT2D eigenvalue weighted by atomic mass is 9.98. The van der Waals surface area contributed by atoms with Crippen LogP contribution in [0.4, 0.5) is 13.2 Å². The van der Waals surface area contributed by atoms with Crippen molar-refractivity contribution in [1.82, 2.24) is 16.0 Å². The fourth-order valence-corrected chi connectivity index (χ4v) is 1.96. The summed E-state index contributed by atoms with van der Waals surface area (Å²) in [4.78, 5) is 42.1. The van der Waals surface area contributed by atoms with Gasteiger partial charge in [0.1, 0.15) is 6.04 Å². The smallest absolute Gasteiger partial charge is 0.480 e. The van der Waals surface area contributed by atoms with Gasteiger partial charge in [0.15, 0.2) is 0 Å². The summed E-state index contributed by atoms with van der Waals surface area (Å²) in [5, 5.41) is 23.9. The van der Waals surface area contributed by atoms with Gasteiger partial charge in [0, 0.05) is 26.6 Å². The number of alkyl halides is 3. The molecule has 1 rings (SSSR count). The lowest BCUT2D eigenvalue weighted by Gasteiger charge is -2.18. The number of rotatable bonds is 4. The molecule has 0 aromatic heterocycles. The Labute approximate surface area is 134 Å². The van der Waals surface area contributed by atoms with E-state index in [2.05, 4.69) is 16.0 Å². The summed E-state index contributed by atoms with van der Waals surface area (Å²) in [5.41, 5.74) is 0. The van der Waals surface area contributed by atoms with Gasteiger partial charge in [-0.25, -0.2) is 4.79 Å². The maximum atomic E-state index is 11.6. The van der Waals surface area contributed by atoms with Crippen molar-refractivity contribution in [3.63, 3.8) is 0 Å². The lowest BCUT2D eigenvalue weighted by molar-refractivity contribution is -0.192. The largest absolute Gasteiger partial charge is 0.490 e. The number of halogens is 3. The molecule has 0 aromatic rings. The van der Waals surface area contributed by atoms with Crippen molar-refractivity contribution in [1.29, 1.82) is 0 Å². The fourth-order valence-electron chi connectivity index (χ4n) is 1.96. The van der Waals surface area contributed by atoms with Gasteiger partial charge in [0.2, 0.25) is 11.8 Å². The molecular weight excluding hydrogens is 339 g/mol. The quantitative estimate of drug-likeness (QED) is 0.431. The number of carboxylic acid groups (broad SMARTS) is 2. The second kappa shape index (κ2) is 9.05. The molecule has 0 aliphatic carbocycles. The molecule has 0 aromatic carbocycles. The van der Waals surface area contributed by atoms with Crippen LogP contribution in [0.25, 0.3) is 0 Å². The third-order valence-electron chi connectivity index (χ3n) is 3.09. The molecule has 1 aliphatic rings. The Morgan fingerprint density at radius 2 is 1.71 bits per heavy atom. The second-order valence-corrected chi connectivity index (χ2v) is 4.86. The molecule has 24 heavy (non-hydrogen) atoms. The zero-order valence-electron chi connectivity index (χ0n) is 12.8. The maximum Gasteiger partial charge on any atom is 0.490 e. The third-order valence-corrected chi connectivity index (χ3v) is 3.09. The minimum atomic E-state index is -5.08. The molecule has 1 saturated heterocycles. The number of carbonyl (C=O) groups excluding carboxylic acids is 2. The Balaban J connectivity index is 0.000000640. The van der Waals surface area contributed by atoms with Crippen LogP contribution in [0, 0.1) is 5.92 Å². The number of amides is 2. The van der Waals surface area contributed by atoms with Gasteiger partial charge in [-0.3, -0.25) is 19.7 Å². The molecule has 0 unspecified atom stereocenters. The van der Waals surface area contributed by atoms with Crippen LogP contribution in [-0.2, 0) is 19.2 Å². The Bertz CT molecular complexity index is 497. The van der Waals surface area contributed by atoms with E-state index in [4.69, 9.17) is 15.0 Å². The molecule has 0 saturated carbocycles. The zero-order valence-corrected chi connectivity index (χ0v) is 12.8. The molecule has 2 amide bonds. The van der Waals surface area contributed by atoms with Gasteiger partial charge in [0.05, 0.1) is 5.92 Å². The van der Waals surface area contributed by atoms with E-state index in [0.717, 1.165) is 0 Å². The highest BCUT2D eigenvalue weighted by Crippen LogP contribution is 2.20. The summed E-state index contributed by atoms with van der Waals surface area (Å²) in [6.07, 6.45) is -4.85. The number of hydrogen-bond acceptors (Lipinski definition) is 5. The number of aliphatic carboxylic acids is 2. The van der Waals surface area contributed by atoms with Gasteiger partial charge in [-0.05, 0) is 6.42 Å². The molecule has 1 fully saturated rings. The third kappa shape index (κ3) is 7.26. The fraction of sp³-hybridized carbons (Fsp3) is 0.667. The predicted octanol–water partition coefficient (Wildman–Crippen LogP) is -1.07. The van der Waals surface area contributed by atoms with E-state index >= 15 is 0 Å². The van der Waals surface area contributed by atoms with E-state index in [1.165, 1.54) is 14.0 Å². The number of hydrogen-bond donors (Lipinski definition) is 5. The molecule has 9 nitrogen and oxygen atoms in total. The topological polar surface area (TPSA) is 145 Å². The molecule has 0 radical (unpaired) electrons. The lowest BCUT2D eigenvalue weighted by Crippen LogP contribution is -2.46. The van der Waals surface area contributed by atoms with Gasteiger partial charge in [0.25, 0.3) is 0 Å². The van der Waals surface area contributed by atoms with Gasteiger partial charge < -0.3 is 20.8 Å². The summed E-state index contributed by atoms with van der Waals surface area (Å²) >= 11 is 0. The van der Waals surface area contributed by atoms with Crippen LogP contribution >= 0.6 is 0 Å². The molecule has 3 atom stereocenters. The van der Waals surface area contributed by atoms with Gasteiger partial charge in [-0.2, -0.15) is 13.2 Å². The number of carboxylic acids is 2. The van der Waals surface area contributed by atoms with E-state index in [1.807, 2.05) is 0 Å². The average molecular weight is 357 g/mol. The van der Waals surface area contributed by atoms with E-state index in [9.17, 15) is 27.6 Å². The summed E-state index contributed by atoms with van der Waals surface area (Å²) in [5.74, 6) is -4.59. The zero-order chi connectivity index (χ0) is 19.1. The minimum Gasteiger partial charge on any atom is -0.480 e. The molecule has 0 bridgehead atoms. The first kappa shape index (κ1) is 21.6. The Kier molecular flexibility index (Phi) is 8.16. The van der Waals surface area contributed by atoms with Crippen LogP contribution in [0.3, 0.4) is 0 Å². The van der Waals surface area contributed by atoms with E-state index < -0.39 is 30.1 Å². The van der Waals surface area contributed by atoms with E-state index in [1.54, 1.807) is 0 Å². The van der Waals surface area contributed by atoms with Crippen molar-refractivity contribution in [2.24, 2.45) is 5.92 Å². The summed E-state index contributed by atoms with van der Waals surface area (Å²) < 4.78 is 31.7. The minimum absolute atomic E-state index is 0.207. The molecule has 1 aliphatic heterocycles. The maximum absolute atomic E-state index is 11.6. The molecule has 1 heterocycles. The van der Waals surface area contributed by atoms with Crippen molar-refractivity contribution in [3.05, 3.63) is 0 Å². The number of nitrogens with one attached hydrogen (secondary N) is 3. The summed E-state index contributed by atoms with van der Waals surface area (Å²) in [7, 11) is 1.51. The van der Waals surface area contributed by atoms with Crippen LogP contribution in [-0.4, -0.2) is 65.8 Å². The van der Waals surface area contributed by atoms with E-state index in [-0.39, 0.29) is 30.8 Å². The number of carbonyl (C=O) groups is 4. The monoisotopic (exact) mass is 357 g/mol.